The largest absolute Gasteiger partial charge is 0.290 e. The second kappa shape index (κ2) is 4.28. The molecule has 0 amide bonds. The first kappa shape index (κ1) is 11.2. The van der Waals surface area contributed by atoms with Gasteiger partial charge >= 0.3 is 0 Å². The van der Waals surface area contributed by atoms with Crippen molar-refractivity contribution < 1.29 is 0 Å². The van der Waals surface area contributed by atoms with Crippen LogP contribution in [0.2, 0.25) is 0 Å². The number of nitrogens with zero attached hydrogens (tertiary/aromatic N) is 6. The Morgan fingerprint density at radius 3 is 2.88 bits per heavy atom. The van der Waals surface area contributed by atoms with Crippen molar-refractivity contribution in [3.8, 4) is 0 Å². The third-order valence-corrected chi connectivity index (χ3v) is 3.26. The molecule has 2 aromatic rings. The summed E-state index contributed by atoms with van der Waals surface area (Å²) in [4.78, 5) is 17.3. The van der Waals surface area contributed by atoms with Crippen molar-refractivity contribution in [3.05, 3.63) is 31.8 Å². The highest BCUT2D eigenvalue weighted by atomic mass is 127. The maximum atomic E-state index is 11.8. The Kier molecular flexibility index (Phi) is 2.99. The first-order chi connectivity index (χ1) is 7.58. The van der Waals surface area contributed by atoms with E-state index in [4.69, 9.17) is 0 Å². The topological polar surface area (TPSA) is 78.5 Å². The van der Waals surface area contributed by atoms with Crippen LogP contribution in [0, 0.1) is 10.5 Å². The Bertz CT molecular complexity index is 574. The van der Waals surface area contributed by atoms with Gasteiger partial charge in [-0.3, -0.25) is 9.36 Å². The summed E-state index contributed by atoms with van der Waals surface area (Å²) in [6, 6.07) is 0. The van der Waals surface area contributed by atoms with Crippen LogP contribution in [0.25, 0.3) is 0 Å². The van der Waals surface area contributed by atoms with Gasteiger partial charge in [-0.05, 0) is 34.7 Å². The summed E-state index contributed by atoms with van der Waals surface area (Å²) < 4.78 is 2.08. The van der Waals surface area contributed by atoms with Crippen molar-refractivity contribution in [2.75, 3.05) is 0 Å². The summed E-state index contributed by atoms with van der Waals surface area (Å²) in [5, 5.41) is 11.5. The predicted octanol–water partition coefficient (Wildman–Crippen LogP) is -0.272. The second-order valence-electron chi connectivity index (χ2n) is 3.27. The fraction of sp³-hybridized carbons (Fsp3) is 0.375. The lowest BCUT2D eigenvalue weighted by atomic mass is 10.4. The first-order valence-corrected chi connectivity index (χ1v) is 5.60. The first-order valence-electron chi connectivity index (χ1n) is 4.52. The van der Waals surface area contributed by atoms with Crippen LogP contribution in [0.5, 0.6) is 0 Å². The maximum Gasteiger partial charge on any atom is 0.267 e. The van der Waals surface area contributed by atoms with E-state index in [0.29, 0.717) is 9.39 Å². The molecule has 0 aliphatic rings. The smallest absolute Gasteiger partial charge is 0.267 e. The third kappa shape index (κ3) is 2.10. The van der Waals surface area contributed by atoms with Gasteiger partial charge in [-0.2, -0.15) is 4.80 Å². The lowest BCUT2D eigenvalue weighted by Gasteiger charge is -2.03. The monoisotopic (exact) mass is 332 g/mol. The molecule has 16 heavy (non-hydrogen) atoms. The summed E-state index contributed by atoms with van der Waals surface area (Å²) in [6.07, 6.45) is 1.50. The molecule has 0 bridgehead atoms. The van der Waals surface area contributed by atoms with Crippen LogP contribution in [0.4, 0.5) is 0 Å². The molecule has 8 heteroatoms. The van der Waals surface area contributed by atoms with E-state index in [9.17, 15) is 4.79 Å². The van der Waals surface area contributed by atoms with Crippen LogP contribution in [0.15, 0.2) is 11.1 Å². The molecule has 84 valence electrons. The second-order valence-corrected chi connectivity index (χ2v) is 4.35. The highest BCUT2D eigenvalue weighted by Crippen LogP contribution is 2.01. The minimum atomic E-state index is -0.0828. The summed E-state index contributed by atoms with van der Waals surface area (Å²) >= 11 is 1.98. The minimum absolute atomic E-state index is 0.0828. The zero-order chi connectivity index (χ0) is 11.7. The van der Waals surface area contributed by atoms with E-state index in [0.717, 1.165) is 5.69 Å². The van der Waals surface area contributed by atoms with Gasteiger partial charge in [-0.1, -0.05) is 0 Å². The molecule has 0 atom stereocenters. The van der Waals surface area contributed by atoms with Gasteiger partial charge in [0.1, 0.15) is 0 Å². The third-order valence-electron chi connectivity index (χ3n) is 2.02. The molecule has 0 aromatic carbocycles. The molecule has 0 radical (unpaired) electrons. The van der Waals surface area contributed by atoms with Gasteiger partial charge in [0.15, 0.2) is 5.82 Å². The van der Waals surface area contributed by atoms with E-state index < -0.39 is 0 Å². The standard InChI is InChI=1S/C8H9IN6O/c1-5-7(9)8(16)15(4-10-5)3-6-11-13-14(2)12-6/h4H,3H2,1-2H3. The number of aromatic nitrogens is 6. The van der Waals surface area contributed by atoms with Crippen LogP contribution in [-0.4, -0.2) is 29.8 Å². The molecular weight excluding hydrogens is 323 g/mol. The molecule has 2 heterocycles. The molecule has 0 N–H and O–H groups in total. The quantitative estimate of drug-likeness (QED) is 0.708. The van der Waals surface area contributed by atoms with Gasteiger partial charge in [0.25, 0.3) is 5.56 Å². The number of rotatable bonds is 2. The molecule has 2 aromatic heterocycles. The Labute approximate surface area is 105 Å². The van der Waals surface area contributed by atoms with E-state index >= 15 is 0 Å². The van der Waals surface area contributed by atoms with Crippen molar-refractivity contribution in [2.24, 2.45) is 7.05 Å². The normalized spacial score (nSPS) is 10.7. The molecule has 0 saturated heterocycles. The number of aryl methyl sites for hydroxylation is 2. The van der Waals surface area contributed by atoms with E-state index in [1.54, 1.807) is 14.0 Å². The number of tetrazole rings is 1. The Hall–Kier alpha value is -1.32. The molecule has 0 aliphatic carbocycles. The van der Waals surface area contributed by atoms with Crippen LogP contribution in [-0.2, 0) is 13.6 Å². The molecule has 0 spiro atoms. The highest BCUT2D eigenvalue weighted by molar-refractivity contribution is 14.1. The summed E-state index contributed by atoms with van der Waals surface area (Å²) in [6.45, 7) is 2.09. The van der Waals surface area contributed by atoms with Gasteiger partial charge < -0.3 is 0 Å². The summed E-state index contributed by atoms with van der Waals surface area (Å²) in [7, 11) is 1.68. The maximum absolute atomic E-state index is 11.8. The molecule has 0 fully saturated rings. The fourth-order valence-electron chi connectivity index (χ4n) is 1.20. The average Bonchev–Trinajstić information content (AvgIpc) is 2.65. The van der Waals surface area contributed by atoms with Crippen molar-refractivity contribution in [3.63, 3.8) is 0 Å². The zero-order valence-electron chi connectivity index (χ0n) is 8.75. The average molecular weight is 332 g/mol. The number of hydrogen-bond acceptors (Lipinski definition) is 5. The molecular formula is C8H9IN6O. The summed E-state index contributed by atoms with van der Waals surface area (Å²) in [5.74, 6) is 0.492. The lowest BCUT2D eigenvalue weighted by Crippen LogP contribution is -2.25. The van der Waals surface area contributed by atoms with Crippen molar-refractivity contribution in [2.45, 2.75) is 13.5 Å². The molecule has 0 unspecified atom stereocenters. The van der Waals surface area contributed by atoms with Crippen LogP contribution in [0.3, 0.4) is 0 Å². The van der Waals surface area contributed by atoms with Crippen molar-refractivity contribution >= 4 is 22.6 Å². The molecule has 0 aliphatic heterocycles. The van der Waals surface area contributed by atoms with Gasteiger partial charge in [0.05, 0.1) is 29.2 Å². The Morgan fingerprint density at radius 2 is 2.25 bits per heavy atom. The van der Waals surface area contributed by atoms with Crippen molar-refractivity contribution in [1.29, 1.82) is 0 Å². The van der Waals surface area contributed by atoms with Gasteiger partial charge in [0.2, 0.25) is 0 Å². The van der Waals surface area contributed by atoms with Gasteiger partial charge in [0, 0.05) is 0 Å². The molecule has 2 rings (SSSR count). The molecule has 7 nitrogen and oxygen atoms in total. The minimum Gasteiger partial charge on any atom is -0.290 e. The van der Waals surface area contributed by atoms with E-state index in [1.807, 2.05) is 22.6 Å². The predicted molar refractivity (Wildman–Crippen MR) is 63.9 cm³/mol. The van der Waals surface area contributed by atoms with Gasteiger partial charge in [-0.25, -0.2) is 4.98 Å². The van der Waals surface area contributed by atoms with Crippen LogP contribution < -0.4 is 5.56 Å². The fourth-order valence-corrected chi connectivity index (χ4v) is 1.65. The lowest BCUT2D eigenvalue weighted by molar-refractivity contribution is 0.622. The SMILES string of the molecule is Cc1ncn(Cc2nnn(C)n2)c(=O)c1I. The zero-order valence-corrected chi connectivity index (χ0v) is 10.9. The Morgan fingerprint density at radius 1 is 1.50 bits per heavy atom. The van der Waals surface area contributed by atoms with E-state index in [2.05, 4.69) is 20.4 Å². The number of halogens is 1. The highest BCUT2D eigenvalue weighted by Gasteiger charge is 2.08. The summed E-state index contributed by atoms with van der Waals surface area (Å²) in [5.41, 5.74) is 0.648. The van der Waals surface area contributed by atoms with E-state index in [-0.39, 0.29) is 12.1 Å². The van der Waals surface area contributed by atoms with E-state index in [1.165, 1.54) is 15.7 Å². The Balaban J connectivity index is 2.36. The molecule has 0 saturated carbocycles. The van der Waals surface area contributed by atoms with Crippen molar-refractivity contribution in [1.82, 2.24) is 29.8 Å². The van der Waals surface area contributed by atoms with Crippen LogP contribution in [0.1, 0.15) is 11.5 Å². The van der Waals surface area contributed by atoms with Gasteiger partial charge in [-0.15, -0.1) is 10.2 Å². The van der Waals surface area contributed by atoms with Crippen LogP contribution >= 0.6 is 22.6 Å². The number of hydrogen-bond donors (Lipinski definition) is 0.